The van der Waals surface area contributed by atoms with Crippen LogP contribution in [0.2, 0.25) is 0 Å². The normalized spacial score (nSPS) is 17.6. The fourth-order valence-corrected chi connectivity index (χ4v) is 4.34. The number of fused-ring (bicyclic) bond motifs is 1. The molecule has 2 N–H and O–H groups in total. The summed E-state index contributed by atoms with van der Waals surface area (Å²) in [7, 11) is -3.67. The molecule has 8 nitrogen and oxygen atoms in total. The van der Waals surface area contributed by atoms with Crippen LogP contribution in [-0.4, -0.2) is 41.9 Å². The highest BCUT2D eigenvalue weighted by Crippen LogP contribution is 2.26. The van der Waals surface area contributed by atoms with E-state index < -0.39 is 21.7 Å². The second-order valence-electron chi connectivity index (χ2n) is 5.62. The van der Waals surface area contributed by atoms with Crippen molar-refractivity contribution in [2.75, 3.05) is 13.1 Å². The Kier molecular flexibility index (Phi) is 3.99. The predicted molar refractivity (Wildman–Crippen MR) is 80.6 cm³/mol. The van der Waals surface area contributed by atoms with Crippen LogP contribution in [0.4, 0.5) is 0 Å². The first-order valence-electron chi connectivity index (χ1n) is 7.21. The summed E-state index contributed by atoms with van der Waals surface area (Å²) in [5, 5.41) is 8.80. The quantitative estimate of drug-likeness (QED) is 0.856. The molecule has 124 valence electrons. The molecule has 1 fully saturated rings. The lowest BCUT2D eigenvalue weighted by molar-refractivity contribution is -0.138. The monoisotopic (exact) mass is 340 g/mol. The summed E-state index contributed by atoms with van der Waals surface area (Å²) in [5.41, 5.74) is 0.631. The van der Waals surface area contributed by atoms with Gasteiger partial charge in [-0.3, -0.25) is 9.78 Å². The molecule has 0 radical (unpaired) electrons. The van der Waals surface area contributed by atoms with Gasteiger partial charge >= 0.3 is 11.7 Å². The fourth-order valence-electron chi connectivity index (χ4n) is 2.84. The smallest absolute Gasteiger partial charge is 0.417 e. The number of piperidine rings is 1. The van der Waals surface area contributed by atoms with Crippen molar-refractivity contribution in [1.82, 2.24) is 9.29 Å². The number of aromatic nitrogens is 1. The van der Waals surface area contributed by atoms with Crippen LogP contribution in [0.15, 0.2) is 32.3 Å². The molecule has 0 atom stereocenters. The van der Waals surface area contributed by atoms with Gasteiger partial charge in [-0.1, -0.05) is 0 Å². The molecule has 0 aliphatic carbocycles. The van der Waals surface area contributed by atoms with Crippen LogP contribution in [0, 0.1) is 5.92 Å². The number of sulfonamides is 1. The summed E-state index contributed by atoms with van der Waals surface area (Å²) in [4.78, 5) is 24.4. The number of nitrogens with zero attached hydrogens (tertiary/aromatic N) is 1. The van der Waals surface area contributed by atoms with Gasteiger partial charge in [0.15, 0.2) is 5.58 Å². The molecule has 23 heavy (non-hydrogen) atoms. The number of hydrogen-bond acceptors (Lipinski definition) is 5. The summed E-state index contributed by atoms with van der Waals surface area (Å²) in [6, 6.07) is 4.22. The molecule has 1 aliphatic heterocycles. The number of carboxylic acid groups (broad SMARTS) is 1. The molecule has 0 bridgehead atoms. The number of aromatic amines is 1. The van der Waals surface area contributed by atoms with Gasteiger partial charge in [-0.15, -0.1) is 0 Å². The van der Waals surface area contributed by atoms with Gasteiger partial charge in [0.1, 0.15) is 0 Å². The van der Waals surface area contributed by atoms with Gasteiger partial charge in [0, 0.05) is 19.5 Å². The van der Waals surface area contributed by atoms with Gasteiger partial charge < -0.3 is 9.52 Å². The maximum atomic E-state index is 12.7. The standard InChI is InChI=1S/C14H16N2O6S/c17-13(18)7-9-3-5-16(6-4-9)23(20,21)10-1-2-12-11(8-10)15-14(19)22-12/h1-2,8-9H,3-7H2,(H,15,19)(H,17,18). The second kappa shape index (κ2) is 5.82. The average molecular weight is 340 g/mol. The van der Waals surface area contributed by atoms with Crippen molar-refractivity contribution in [3.05, 3.63) is 28.7 Å². The lowest BCUT2D eigenvalue weighted by Gasteiger charge is -2.30. The SMILES string of the molecule is O=C(O)CC1CCN(S(=O)(=O)c2ccc3oc(=O)[nH]c3c2)CC1. The summed E-state index contributed by atoms with van der Waals surface area (Å²) in [6.07, 6.45) is 1.11. The van der Waals surface area contributed by atoms with Crippen LogP contribution in [0.25, 0.3) is 11.1 Å². The minimum atomic E-state index is -3.67. The molecular weight excluding hydrogens is 324 g/mol. The largest absolute Gasteiger partial charge is 0.481 e. The van der Waals surface area contributed by atoms with E-state index in [1.165, 1.54) is 22.5 Å². The highest BCUT2D eigenvalue weighted by molar-refractivity contribution is 7.89. The Labute approximate surface area is 131 Å². The Hall–Kier alpha value is -2.13. The minimum absolute atomic E-state index is 0.00617. The number of nitrogens with one attached hydrogen (secondary N) is 1. The van der Waals surface area contributed by atoms with Gasteiger partial charge in [-0.25, -0.2) is 13.2 Å². The van der Waals surface area contributed by atoms with E-state index in [1.54, 1.807) is 0 Å². The highest BCUT2D eigenvalue weighted by Gasteiger charge is 2.30. The molecule has 1 aliphatic rings. The first-order valence-corrected chi connectivity index (χ1v) is 8.65. The van der Waals surface area contributed by atoms with E-state index in [2.05, 4.69) is 4.98 Å². The lowest BCUT2D eigenvalue weighted by atomic mass is 9.95. The highest BCUT2D eigenvalue weighted by atomic mass is 32.2. The van der Waals surface area contributed by atoms with Crippen molar-refractivity contribution in [3.8, 4) is 0 Å². The van der Waals surface area contributed by atoms with E-state index in [1.807, 2.05) is 0 Å². The van der Waals surface area contributed by atoms with Gasteiger partial charge in [-0.05, 0) is 37.0 Å². The Morgan fingerprint density at radius 3 is 2.70 bits per heavy atom. The molecule has 3 rings (SSSR count). The molecule has 1 aromatic carbocycles. The van der Waals surface area contributed by atoms with Gasteiger partial charge in [0.25, 0.3) is 0 Å². The van der Waals surface area contributed by atoms with E-state index >= 15 is 0 Å². The number of rotatable bonds is 4. The molecule has 0 saturated carbocycles. The van der Waals surface area contributed by atoms with E-state index in [0.29, 0.717) is 37.0 Å². The number of carboxylic acids is 1. The predicted octanol–water partition coefficient (Wildman–Crippen LogP) is 0.997. The Bertz CT molecular complexity index is 889. The van der Waals surface area contributed by atoms with Crippen molar-refractivity contribution in [1.29, 1.82) is 0 Å². The van der Waals surface area contributed by atoms with Crippen LogP contribution in [0.5, 0.6) is 0 Å². The van der Waals surface area contributed by atoms with E-state index in [-0.39, 0.29) is 17.2 Å². The summed E-state index contributed by atoms with van der Waals surface area (Å²) in [5.74, 6) is -1.49. The van der Waals surface area contributed by atoms with Crippen LogP contribution in [0.3, 0.4) is 0 Å². The number of benzene rings is 1. The number of H-pyrrole nitrogens is 1. The average Bonchev–Trinajstić information content (AvgIpc) is 2.86. The maximum absolute atomic E-state index is 12.7. The first kappa shape index (κ1) is 15.8. The van der Waals surface area contributed by atoms with Gasteiger partial charge in [0.05, 0.1) is 10.4 Å². The Morgan fingerprint density at radius 2 is 2.04 bits per heavy atom. The first-order chi connectivity index (χ1) is 10.9. The van der Waals surface area contributed by atoms with E-state index in [0.717, 1.165) is 0 Å². The Balaban J connectivity index is 1.80. The van der Waals surface area contributed by atoms with E-state index in [4.69, 9.17) is 9.52 Å². The van der Waals surface area contributed by atoms with Crippen molar-refractivity contribution < 1.29 is 22.7 Å². The molecule has 2 aromatic rings. The topological polar surface area (TPSA) is 121 Å². The molecule has 9 heteroatoms. The van der Waals surface area contributed by atoms with Gasteiger partial charge in [0.2, 0.25) is 10.0 Å². The maximum Gasteiger partial charge on any atom is 0.417 e. The molecule has 2 heterocycles. The van der Waals surface area contributed by atoms with Crippen LogP contribution >= 0.6 is 0 Å². The zero-order chi connectivity index (χ0) is 16.6. The summed E-state index contributed by atoms with van der Waals surface area (Å²) >= 11 is 0. The summed E-state index contributed by atoms with van der Waals surface area (Å²) in [6.45, 7) is 0.584. The van der Waals surface area contributed by atoms with Crippen LogP contribution in [0.1, 0.15) is 19.3 Å². The summed E-state index contributed by atoms with van der Waals surface area (Å²) < 4.78 is 31.5. The molecule has 0 unspecified atom stereocenters. The van der Waals surface area contributed by atoms with E-state index in [9.17, 15) is 18.0 Å². The van der Waals surface area contributed by atoms with Crippen molar-refractivity contribution in [2.45, 2.75) is 24.2 Å². The van der Waals surface area contributed by atoms with Crippen molar-refractivity contribution >= 4 is 27.1 Å². The second-order valence-corrected chi connectivity index (χ2v) is 7.56. The number of oxazole rings is 1. The third-order valence-corrected chi connectivity index (χ3v) is 5.96. The van der Waals surface area contributed by atoms with Crippen LogP contribution < -0.4 is 5.76 Å². The molecule has 1 saturated heterocycles. The third kappa shape index (κ3) is 3.15. The third-order valence-electron chi connectivity index (χ3n) is 4.06. The van der Waals surface area contributed by atoms with Crippen molar-refractivity contribution in [3.63, 3.8) is 0 Å². The molecule has 1 aromatic heterocycles. The zero-order valence-corrected chi connectivity index (χ0v) is 13.0. The number of carbonyl (C=O) groups is 1. The minimum Gasteiger partial charge on any atom is -0.481 e. The fraction of sp³-hybridized carbons (Fsp3) is 0.429. The van der Waals surface area contributed by atoms with Crippen LogP contribution in [-0.2, 0) is 14.8 Å². The number of aliphatic carboxylic acids is 1. The molecule has 0 amide bonds. The zero-order valence-electron chi connectivity index (χ0n) is 12.2. The number of hydrogen-bond donors (Lipinski definition) is 2. The Morgan fingerprint density at radius 1 is 1.35 bits per heavy atom. The molecule has 0 spiro atoms. The lowest BCUT2D eigenvalue weighted by Crippen LogP contribution is -2.38. The van der Waals surface area contributed by atoms with Gasteiger partial charge in [-0.2, -0.15) is 4.31 Å². The molecular formula is C14H16N2O6S. The van der Waals surface area contributed by atoms with Crippen molar-refractivity contribution in [2.24, 2.45) is 5.92 Å².